The van der Waals surface area contributed by atoms with Gasteiger partial charge in [0.15, 0.2) is 0 Å². The van der Waals surface area contributed by atoms with Gasteiger partial charge in [-0.1, -0.05) is 22.8 Å². The molecule has 3 aromatic rings. The molecule has 0 bridgehead atoms. The fourth-order valence-corrected chi connectivity index (χ4v) is 2.94. The minimum atomic E-state index is -0.635. The maximum absolute atomic E-state index is 12.4. The molecule has 2 aromatic heterocycles. The SMILES string of the molecule is CN(Cc1nc(-c2cccs2)no1)C(=O)c1ccc(Cl)c([N+](=O)[O-])c1. The number of thiophene rings is 1. The van der Waals surface area contributed by atoms with E-state index in [4.69, 9.17) is 16.1 Å². The lowest BCUT2D eigenvalue weighted by atomic mass is 10.2. The van der Waals surface area contributed by atoms with Gasteiger partial charge in [-0.25, -0.2) is 0 Å². The molecular weight excluding hydrogens is 368 g/mol. The van der Waals surface area contributed by atoms with Crippen LogP contribution in [0.3, 0.4) is 0 Å². The second-order valence-corrected chi connectivity index (χ2v) is 6.43. The molecular formula is C15H11ClN4O4S. The largest absolute Gasteiger partial charge is 0.337 e. The standard InChI is InChI=1S/C15H11ClN4O4S/c1-19(8-13-17-14(18-24-13)12-3-2-6-25-12)15(21)9-4-5-10(16)11(7-9)20(22)23/h2-7H,8H2,1H3. The van der Waals surface area contributed by atoms with Gasteiger partial charge in [0.05, 0.1) is 16.3 Å². The Kier molecular flexibility index (Phi) is 4.77. The number of carbonyl (C=O) groups is 1. The van der Waals surface area contributed by atoms with Crippen molar-refractivity contribution in [3.8, 4) is 10.7 Å². The van der Waals surface area contributed by atoms with Gasteiger partial charge in [0.1, 0.15) is 5.02 Å². The second kappa shape index (κ2) is 6.99. The molecule has 0 aliphatic rings. The van der Waals surface area contributed by atoms with Gasteiger partial charge in [-0.05, 0) is 23.6 Å². The van der Waals surface area contributed by atoms with Crippen LogP contribution in [0.2, 0.25) is 5.02 Å². The van der Waals surface area contributed by atoms with Gasteiger partial charge in [-0.2, -0.15) is 4.98 Å². The fraction of sp³-hybridized carbons (Fsp3) is 0.133. The van der Waals surface area contributed by atoms with Crippen molar-refractivity contribution in [2.75, 3.05) is 7.05 Å². The summed E-state index contributed by atoms with van der Waals surface area (Å²) in [6.07, 6.45) is 0. The molecule has 1 amide bonds. The molecule has 0 N–H and O–H groups in total. The zero-order valence-corrected chi connectivity index (χ0v) is 14.5. The molecule has 0 radical (unpaired) electrons. The van der Waals surface area contributed by atoms with Crippen molar-refractivity contribution in [3.63, 3.8) is 0 Å². The van der Waals surface area contributed by atoms with Gasteiger partial charge >= 0.3 is 0 Å². The predicted molar refractivity (Wildman–Crippen MR) is 91.5 cm³/mol. The van der Waals surface area contributed by atoms with Crippen LogP contribution in [0, 0.1) is 10.1 Å². The maximum atomic E-state index is 12.4. The Hall–Kier alpha value is -2.78. The van der Waals surface area contributed by atoms with E-state index in [1.165, 1.54) is 35.4 Å². The van der Waals surface area contributed by atoms with Crippen molar-refractivity contribution in [1.29, 1.82) is 0 Å². The van der Waals surface area contributed by atoms with Gasteiger partial charge in [-0.15, -0.1) is 11.3 Å². The number of hydrogen-bond acceptors (Lipinski definition) is 7. The number of nitro benzene ring substituents is 1. The van der Waals surface area contributed by atoms with Crippen molar-refractivity contribution < 1.29 is 14.2 Å². The number of aromatic nitrogens is 2. The summed E-state index contributed by atoms with van der Waals surface area (Å²) in [6, 6.07) is 7.63. The molecule has 1 aromatic carbocycles. The number of rotatable bonds is 5. The molecule has 0 aliphatic carbocycles. The number of amides is 1. The highest BCUT2D eigenvalue weighted by Crippen LogP contribution is 2.26. The summed E-state index contributed by atoms with van der Waals surface area (Å²) in [5.41, 5.74) is -0.171. The molecule has 0 aliphatic heterocycles. The highest BCUT2D eigenvalue weighted by molar-refractivity contribution is 7.13. The van der Waals surface area contributed by atoms with Crippen LogP contribution >= 0.6 is 22.9 Å². The van der Waals surface area contributed by atoms with Crippen molar-refractivity contribution in [1.82, 2.24) is 15.0 Å². The molecule has 10 heteroatoms. The number of carbonyl (C=O) groups excluding carboxylic acids is 1. The Morgan fingerprint density at radius 3 is 2.92 bits per heavy atom. The van der Waals surface area contributed by atoms with Crippen LogP contribution in [0.1, 0.15) is 16.2 Å². The normalized spacial score (nSPS) is 10.6. The van der Waals surface area contributed by atoms with Gasteiger partial charge in [-0.3, -0.25) is 14.9 Å². The molecule has 3 rings (SSSR count). The van der Waals surface area contributed by atoms with Crippen molar-refractivity contribution >= 4 is 34.5 Å². The third-order valence-electron chi connectivity index (χ3n) is 3.32. The average molecular weight is 379 g/mol. The third-order valence-corrected chi connectivity index (χ3v) is 4.50. The summed E-state index contributed by atoms with van der Waals surface area (Å²) < 4.78 is 5.15. The molecule has 0 fully saturated rings. The Balaban J connectivity index is 1.75. The quantitative estimate of drug-likeness (QED) is 0.496. The third kappa shape index (κ3) is 3.67. The molecule has 0 spiro atoms. The zero-order valence-electron chi connectivity index (χ0n) is 12.9. The Labute approximate surface area is 150 Å². The lowest BCUT2D eigenvalue weighted by molar-refractivity contribution is -0.384. The number of benzene rings is 1. The van der Waals surface area contributed by atoms with Crippen molar-refractivity contribution in [3.05, 3.63) is 62.3 Å². The van der Waals surface area contributed by atoms with E-state index < -0.39 is 10.8 Å². The number of nitro groups is 1. The minimum absolute atomic E-state index is 0.0262. The Morgan fingerprint density at radius 2 is 2.24 bits per heavy atom. The van der Waals surface area contributed by atoms with Gasteiger partial charge in [0.25, 0.3) is 11.6 Å². The molecule has 2 heterocycles. The summed E-state index contributed by atoms with van der Waals surface area (Å²) in [7, 11) is 1.54. The van der Waals surface area contributed by atoms with Crippen LogP contribution in [0.4, 0.5) is 5.69 Å². The summed E-state index contributed by atoms with van der Waals surface area (Å²) in [6.45, 7) is 0.0770. The van der Waals surface area contributed by atoms with E-state index in [2.05, 4.69) is 10.1 Å². The first-order valence-corrected chi connectivity index (χ1v) is 8.27. The summed E-state index contributed by atoms with van der Waals surface area (Å²) in [4.78, 5) is 29.2. The lowest BCUT2D eigenvalue weighted by Crippen LogP contribution is -2.26. The van der Waals surface area contributed by atoms with E-state index in [1.807, 2.05) is 17.5 Å². The van der Waals surface area contributed by atoms with Crippen LogP contribution in [-0.2, 0) is 6.54 Å². The molecule has 0 unspecified atom stereocenters. The van der Waals surface area contributed by atoms with E-state index in [1.54, 1.807) is 0 Å². The Bertz CT molecular complexity index is 926. The Morgan fingerprint density at radius 1 is 1.44 bits per heavy atom. The summed E-state index contributed by atoms with van der Waals surface area (Å²) in [5, 5.41) is 16.7. The first-order valence-electron chi connectivity index (χ1n) is 7.01. The molecule has 0 saturated heterocycles. The van der Waals surface area contributed by atoms with Gasteiger partial charge < -0.3 is 9.42 Å². The predicted octanol–water partition coefficient (Wildman–Crippen LogP) is 3.63. The minimum Gasteiger partial charge on any atom is -0.337 e. The highest BCUT2D eigenvalue weighted by Gasteiger charge is 2.20. The van der Waals surface area contributed by atoms with Crippen LogP contribution in [-0.4, -0.2) is 32.9 Å². The zero-order chi connectivity index (χ0) is 18.0. The second-order valence-electron chi connectivity index (χ2n) is 5.07. The smallest absolute Gasteiger partial charge is 0.288 e. The molecule has 128 valence electrons. The average Bonchev–Trinajstić information content (AvgIpc) is 3.25. The van der Waals surface area contributed by atoms with E-state index >= 15 is 0 Å². The number of halogens is 1. The molecule has 0 atom stereocenters. The van der Waals surface area contributed by atoms with E-state index in [9.17, 15) is 14.9 Å². The number of hydrogen-bond donors (Lipinski definition) is 0. The molecule has 8 nitrogen and oxygen atoms in total. The monoisotopic (exact) mass is 378 g/mol. The molecule has 0 saturated carbocycles. The van der Waals surface area contributed by atoms with Crippen LogP contribution in [0.15, 0.2) is 40.2 Å². The summed E-state index contributed by atoms with van der Waals surface area (Å²) >= 11 is 7.23. The van der Waals surface area contributed by atoms with E-state index in [0.717, 1.165) is 10.9 Å². The van der Waals surface area contributed by atoms with Crippen LogP contribution in [0.25, 0.3) is 10.7 Å². The van der Waals surface area contributed by atoms with E-state index in [0.29, 0.717) is 5.82 Å². The van der Waals surface area contributed by atoms with Crippen LogP contribution in [0.5, 0.6) is 0 Å². The number of nitrogens with zero attached hydrogens (tertiary/aromatic N) is 4. The first kappa shape index (κ1) is 17.1. The maximum Gasteiger partial charge on any atom is 0.288 e. The topological polar surface area (TPSA) is 102 Å². The van der Waals surface area contributed by atoms with Gasteiger partial charge in [0, 0.05) is 18.7 Å². The lowest BCUT2D eigenvalue weighted by Gasteiger charge is -2.14. The first-order chi connectivity index (χ1) is 12.0. The molecule has 25 heavy (non-hydrogen) atoms. The fourth-order valence-electron chi connectivity index (χ4n) is 2.11. The van der Waals surface area contributed by atoms with Crippen LogP contribution < -0.4 is 0 Å². The van der Waals surface area contributed by atoms with Crippen molar-refractivity contribution in [2.24, 2.45) is 0 Å². The van der Waals surface area contributed by atoms with Crippen molar-refractivity contribution in [2.45, 2.75) is 6.54 Å². The highest BCUT2D eigenvalue weighted by atomic mass is 35.5. The summed E-state index contributed by atoms with van der Waals surface area (Å²) in [5.74, 6) is 0.298. The van der Waals surface area contributed by atoms with Gasteiger partial charge in [0.2, 0.25) is 11.7 Å². The van der Waals surface area contributed by atoms with E-state index in [-0.39, 0.29) is 28.7 Å².